The summed E-state index contributed by atoms with van der Waals surface area (Å²) in [6, 6.07) is 13.1. The number of anilines is 1. The van der Waals surface area contributed by atoms with Crippen molar-refractivity contribution in [3.05, 3.63) is 59.0 Å². The van der Waals surface area contributed by atoms with Crippen LogP contribution in [0.25, 0.3) is 6.08 Å². The van der Waals surface area contributed by atoms with Gasteiger partial charge in [0.05, 0.1) is 10.6 Å². The van der Waals surface area contributed by atoms with E-state index in [-0.39, 0.29) is 11.7 Å². The minimum Gasteiger partial charge on any atom is -0.508 e. The largest absolute Gasteiger partial charge is 0.508 e. The molecule has 1 fully saturated rings. The van der Waals surface area contributed by atoms with Gasteiger partial charge in [-0.2, -0.15) is 0 Å². The zero-order valence-electron chi connectivity index (χ0n) is 14.9. The Labute approximate surface area is 171 Å². The van der Waals surface area contributed by atoms with Gasteiger partial charge >= 0.3 is 5.97 Å². The molecule has 0 aliphatic carbocycles. The minimum absolute atomic E-state index is 0.0970. The SMILES string of the molecule is CCC(Oc1ccccc1/C=C1/SC(=S)N(c2ccc(O)cc2)C1=O)C(=O)O. The predicted octanol–water partition coefficient (Wildman–Crippen LogP) is 4.04. The number of aromatic hydroxyl groups is 1. The molecule has 1 atom stereocenters. The smallest absolute Gasteiger partial charge is 0.344 e. The van der Waals surface area contributed by atoms with E-state index in [0.717, 1.165) is 11.8 Å². The number of carbonyl (C=O) groups excluding carboxylic acids is 1. The molecule has 1 heterocycles. The number of amides is 1. The quantitative estimate of drug-likeness (QED) is 0.544. The molecule has 0 aromatic heterocycles. The van der Waals surface area contributed by atoms with Gasteiger partial charge in [0, 0.05) is 5.56 Å². The summed E-state index contributed by atoms with van der Waals surface area (Å²) in [4.78, 5) is 25.9. The Hall–Kier alpha value is -2.84. The first-order valence-corrected chi connectivity index (χ1v) is 9.68. The summed E-state index contributed by atoms with van der Waals surface area (Å²) in [5.74, 6) is -0.858. The molecule has 1 unspecified atom stereocenters. The van der Waals surface area contributed by atoms with Crippen molar-refractivity contribution in [2.24, 2.45) is 0 Å². The third-order valence-electron chi connectivity index (χ3n) is 4.02. The molecule has 1 saturated heterocycles. The molecule has 8 heteroatoms. The molecule has 2 aromatic rings. The molecule has 1 amide bonds. The molecule has 144 valence electrons. The number of phenolic OH excluding ortho intramolecular Hbond substituents is 1. The molecular weight excluding hydrogens is 398 g/mol. The van der Waals surface area contributed by atoms with E-state index in [4.69, 9.17) is 17.0 Å². The van der Waals surface area contributed by atoms with Crippen molar-refractivity contribution in [2.45, 2.75) is 19.4 Å². The number of carbonyl (C=O) groups is 2. The van der Waals surface area contributed by atoms with Crippen LogP contribution >= 0.6 is 24.0 Å². The predicted molar refractivity (Wildman–Crippen MR) is 113 cm³/mol. The van der Waals surface area contributed by atoms with Gasteiger partial charge in [0.25, 0.3) is 5.91 Å². The number of hydrogen-bond donors (Lipinski definition) is 2. The Morgan fingerprint density at radius 1 is 1.25 bits per heavy atom. The average molecular weight is 415 g/mol. The molecule has 2 N–H and O–H groups in total. The van der Waals surface area contributed by atoms with Crippen LogP contribution in [0.5, 0.6) is 11.5 Å². The minimum atomic E-state index is -1.05. The Balaban J connectivity index is 1.90. The van der Waals surface area contributed by atoms with Crippen LogP contribution in [0.1, 0.15) is 18.9 Å². The fourth-order valence-corrected chi connectivity index (χ4v) is 3.89. The first-order valence-electron chi connectivity index (χ1n) is 8.46. The van der Waals surface area contributed by atoms with Gasteiger partial charge in [0.2, 0.25) is 0 Å². The molecule has 0 saturated carbocycles. The van der Waals surface area contributed by atoms with Gasteiger partial charge in [-0.1, -0.05) is 49.1 Å². The number of thioether (sulfide) groups is 1. The second kappa shape index (κ2) is 8.45. The second-order valence-electron chi connectivity index (χ2n) is 5.92. The number of aliphatic carboxylic acids is 1. The highest BCUT2D eigenvalue weighted by Crippen LogP contribution is 2.37. The standard InChI is InChI=1S/C20H17NO5S2/c1-2-15(19(24)25)26-16-6-4-3-5-12(16)11-17-18(23)21(20(27)28-17)13-7-9-14(22)10-8-13/h3-11,15,22H,2H2,1H3,(H,24,25)/b17-11+. The van der Waals surface area contributed by atoms with Crippen molar-refractivity contribution in [1.82, 2.24) is 0 Å². The maximum absolute atomic E-state index is 12.9. The molecule has 6 nitrogen and oxygen atoms in total. The summed E-state index contributed by atoms with van der Waals surface area (Å²) in [6.07, 6.45) is 0.983. The van der Waals surface area contributed by atoms with Crippen LogP contribution in [0.3, 0.4) is 0 Å². The van der Waals surface area contributed by atoms with E-state index < -0.39 is 12.1 Å². The molecule has 2 aromatic carbocycles. The van der Waals surface area contributed by atoms with E-state index in [1.165, 1.54) is 17.0 Å². The zero-order valence-corrected chi connectivity index (χ0v) is 16.5. The third-order valence-corrected chi connectivity index (χ3v) is 5.32. The third kappa shape index (κ3) is 4.18. The number of benzene rings is 2. The lowest BCUT2D eigenvalue weighted by molar-refractivity contribution is -0.145. The number of thiocarbonyl (C=S) groups is 1. The average Bonchev–Trinajstić information content (AvgIpc) is 2.95. The van der Waals surface area contributed by atoms with Crippen LogP contribution in [-0.4, -0.2) is 32.5 Å². The lowest BCUT2D eigenvalue weighted by atomic mass is 10.1. The second-order valence-corrected chi connectivity index (χ2v) is 7.60. The van der Waals surface area contributed by atoms with E-state index in [1.807, 2.05) is 0 Å². The lowest BCUT2D eigenvalue weighted by Crippen LogP contribution is -2.27. The van der Waals surface area contributed by atoms with Crippen molar-refractivity contribution in [3.8, 4) is 11.5 Å². The Morgan fingerprint density at radius 3 is 2.57 bits per heavy atom. The highest BCUT2D eigenvalue weighted by molar-refractivity contribution is 8.27. The normalized spacial score (nSPS) is 16.5. The van der Waals surface area contributed by atoms with Gasteiger partial charge in [-0.25, -0.2) is 4.79 Å². The highest BCUT2D eigenvalue weighted by atomic mass is 32.2. The fraction of sp³-hybridized carbons (Fsp3) is 0.150. The highest BCUT2D eigenvalue weighted by Gasteiger charge is 2.33. The molecule has 3 rings (SSSR count). The van der Waals surface area contributed by atoms with Gasteiger partial charge < -0.3 is 14.9 Å². The summed E-state index contributed by atoms with van der Waals surface area (Å²) < 4.78 is 5.99. The van der Waals surface area contributed by atoms with E-state index in [2.05, 4.69) is 0 Å². The summed E-state index contributed by atoms with van der Waals surface area (Å²) >= 11 is 6.49. The Morgan fingerprint density at radius 2 is 1.93 bits per heavy atom. The van der Waals surface area contributed by atoms with E-state index in [9.17, 15) is 19.8 Å². The van der Waals surface area contributed by atoms with Crippen LogP contribution in [0.2, 0.25) is 0 Å². The number of para-hydroxylation sites is 1. The number of nitrogens with zero attached hydrogens (tertiary/aromatic N) is 1. The maximum Gasteiger partial charge on any atom is 0.344 e. The Kier molecular flexibility index (Phi) is 6.01. The van der Waals surface area contributed by atoms with Gasteiger partial charge in [0.1, 0.15) is 11.5 Å². The number of phenols is 1. The fourth-order valence-electron chi connectivity index (χ4n) is 2.60. The summed E-state index contributed by atoms with van der Waals surface area (Å²) in [5, 5.41) is 18.7. The van der Waals surface area contributed by atoms with Crippen LogP contribution < -0.4 is 9.64 Å². The van der Waals surface area contributed by atoms with E-state index in [1.54, 1.807) is 49.4 Å². The molecule has 0 spiro atoms. The summed E-state index contributed by atoms with van der Waals surface area (Å²) in [5.41, 5.74) is 1.15. The number of carboxylic acids is 1. The van der Waals surface area contributed by atoms with Crippen LogP contribution in [-0.2, 0) is 9.59 Å². The van der Waals surface area contributed by atoms with Crippen molar-refractivity contribution in [2.75, 3.05) is 4.90 Å². The summed E-state index contributed by atoms with van der Waals surface area (Å²) in [7, 11) is 0. The number of hydrogen-bond acceptors (Lipinski definition) is 6. The van der Waals surface area contributed by atoms with Crippen LogP contribution in [0.4, 0.5) is 5.69 Å². The molecule has 1 aliphatic heterocycles. The van der Waals surface area contributed by atoms with Crippen LogP contribution in [0.15, 0.2) is 53.4 Å². The van der Waals surface area contributed by atoms with Crippen molar-refractivity contribution >= 4 is 51.9 Å². The summed E-state index contributed by atoms with van der Waals surface area (Å²) in [6.45, 7) is 1.73. The number of ether oxygens (including phenoxy) is 1. The van der Waals surface area contributed by atoms with Gasteiger partial charge in [-0.15, -0.1) is 0 Å². The molecule has 0 bridgehead atoms. The first kappa shape index (κ1) is 19.9. The van der Waals surface area contributed by atoms with Crippen molar-refractivity contribution < 1.29 is 24.5 Å². The molecule has 28 heavy (non-hydrogen) atoms. The zero-order chi connectivity index (χ0) is 20.3. The van der Waals surface area contributed by atoms with Crippen molar-refractivity contribution in [3.63, 3.8) is 0 Å². The molecule has 0 radical (unpaired) electrons. The molecular formula is C20H17NO5S2. The van der Waals surface area contributed by atoms with Gasteiger partial charge in [0.15, 0.2) is 10.4 Å². The van der Waals surface area contributed by atoms with E-state index >= 15 is 0 Å². The first-order chi connectivity index (χ1) is 13.4. The lowest BCUT2D eigenvalue weighted by Gasteiger charge is -2.15. The number of rotatable bonds is 6. The Bertz CT molecular complexity index is 955. The number of carboxylic acid groups (broad SMARTS) is 1. The maximum atomic E-state index is 12.9. The van der Waals surface area contributed by atoms with E-state index in [0.29, 0.717) is 32.6 Å². The van der Waals surface area contributed by atoms with Crippen molar-refractivity contribution in [1.29, 1.82) is 0 Å². The van der Waals surface area contributed by atoms with Crippen LogP contribution in [0, 0.1) is 0 Å². The van der Waals surface area contributed by atoms with Gasteiger partial charge in [-0.05, 0) is 42.8 Å². The molecule has 1 aliphatic rings. The van der Waals surface area contributed by atoms with Gasteiger partial charge in [-0.3, -0.25) is 9.69 Å². The topological polar surface area (TPSA) is 87.1 Å². The monoisotopic (exact) mass is 415 g/mol.